The maximum absolute atomic E-state index is 11.9. The van der Waals surface area contributed by atoms with E-state index in [1.165, 1.54) is 6.08 Å². The molecule has 2 saturated heterocycles. The Bertz CT molecular complexity index is 603. The molecule has 2 atom stereocenters. The lowest BCUT2D eigenvalue weighted by Gasteiger charge is -2.28. The first kappa shape index (κ1) is 14.3. The molecule has 2 heterocycles. The summed E-state index contributed by atoms with van der Waals surface area (Å²) in [6.45, 7) is 0.436. The van der Waals surface area contributed by atoms with Crippen LogP contribution in [0.1, 0.15) is 12.0 Å². The SMILES string of the molecule is O=C(/C=C/c1ccccc1)N[C@H]1C[C@H]2C(=O)NCC(=O)N2C1. The molecule has 2 N–H and O–H groups in total. The molecule has 2 fully saturated rings. The van der Waals surface area contributed by atoms with Gasteiger partial charge in [-0.15, -0.1) is 0 Å². The number of hydrogen-bond donors (Lipinski definition) is 2. The zero-order valence-electron chi connectivity index (χ0n) is 12.0. The van der Waals surface area contributed by atoms with Gasteiger partial charge in [0.05, 0.1) is 6.54 Å². The van der Waals surface area contributed by atoms with Crippen molar-refractivity contribution < 1.29 is 14.4 Å². The number of rotatable bonds is 3. The minimum Gasteiger partial charge on any atom is -0.348 e. The number of carbonyl (C=O) groups excluding carboxylic acids is 3. The molecule has 22 heavy (non-hydrogen) atoms. The minimum atomic E-state index is -0.454. The molecule has 2 aliphatic heterocycles. The number of amides is 3. The summed E-state index contributed by atoms with van der Waals surface area (Å²) >= 11 is 0. The number of carbonyl (C=O) groups is 3. The average Bonchev–Trinajstić information content (AvgIpc) is 2.95. The van der Waals surface area contributed by atoms with Gasteiger partial charge in [0.25, 0.3) is 0 Å². The number of nitrogens with zero attached hydrogens (tertiary/aromatic N) is 1. The molecule has 3 amide bonds. The molecule has 6 nitrogen and oxygen atoms in total. The van der Waals surface area contributed by atoms with Gasteiger partial charge in [0, 0.05) is 18.7 Å². The Hall–Kier alpha value is -2.63. The van der Waals surface area contributed by atoms with Crippen LogP contribution in [0.4, 0.5) is 0 Å². The summed E-state index contributed by atoms with van der Waals surface area (Å²) in [4.78, 5) is 37.0. The van der Waals surface area contributed by atoms with Crippen LogP contribution in [-0.2, 0) is 14.4 Å². The van der Waals surface area contributed by atoms with E-state index in [2.05, 4.69) is 10.6 Å². The predicted molar refractivity (Wildman–Crippen MR) is 80.5 cm³/mol. The van der Waals surface area contributed by atoms with E-state index in [1.54, 1.807) is 11.0 Å². The van der Waals surface area contributed by atoms with Crippen LogP contribution in [0.3, 0.4) is 0 Å². The highest BCUT2D eigenvalue weighted by molar-refractivity contribution is 5.96. The molecule has 0 radical (unpaired) electrons. The first-order valence-electron chi connectivity index (χ1n) is 7.24. The van der Waals surface area contributed by atoms with Gasteiger partial charge in [0.1, 0.15) is 6.04 Å². The first-order chi connectivity index (χ1) is 10.6. The highest BCUT2D eigenvalue weighted by atomic mass is 16.2. The second-order valence-corrected chi connectivity index (χ2v) is 5.46. The van der Waals surface area contributed by atoms with Crippen LogP contribution >= 0.6 is 0 Å². The molecule has 0 bridgehead atoms. The number of fused-ring (bicyclic) bond motifs is 1. The van der Waals surface area contributed by atoms with Gasteiger partial charge in [0.2, 0.25) is 17.7 Å². The van der Waals surface area contributed by atoms with E-state index >= 15 is 0 Å². The Kier molecular flexibility index (Phi) is 3.91. The highest BCUT2D eigenvalue weighted by Gasteiger charge is 2.42. The summed E-state index contributed by atoms with van der Waals surface area (Å²) in [5, 5.41) is 5.41. The Morgan fingerprint density at radius 1 is 1.27 bits per heavy atom. The molecule has 114 valence electrons. The van der Waals surface area contributed by atoms with E-state index in [9.17, 15) is 14.4 Å². The predicted octanol–water partition coefficient (Wildman–Crippen LogP) is -0.0847. The van der Waals surface area contributed by atoms with Crippen molar-refractivity contribution in [1.29, 1.82) is 0 Å². The van der Waals surface area contributed by atoms with Crippen LogP contribution in [0.5, 0.6) is 0 Å². The fraction of sp³-hybridized carbons (Fsp3) is 0.312. The van der Waals surface area contributed by atoms with Crippen molar-refractivity contribution in [3.63, 3.8) is 0 Å². The summed E-state index contributed by atoms with van der Waals surface area (Å²) in [5.74, 6) is -0.459. The monoisotopic (exact) mass is 299 g/mol. The van der Waals surface area contributed by atoms with E-state index in [-0.39, 0.29) is 30.3 Å². The maximum atomic E-state index is 11.9. The van der Waals surface area contributed by atoms with Crippen LogP contribution in [0.15, 0.2) is 36.4 Å². The zero-order valence-corrected chi connectivity index (χ0v) is 12.0. The van der Waals surface area contributed by atoms with Crippen LogP contribution in [0, 0.1) is 0 Å². The van der Waals surface area contributed by atoms with E-state index < -0.39 is 6.04 Å². The molecular formula is C16H17N3O3. The molecule has 0 aliphatic carbocycles. The van der Waals surface area contributed by atoms with Crippen molar-refractivity contribution in [1.82, 2.24) is 15.5 Å². The van der Waals surface area contributed by atoms with Crippen molar-refractivity contribution in [2.75, 3.05) is 13.1 Å². The minimum absolute atomic E-state index is 0.0455. The van der Waals surface area contributed by atoms with Crippen molar-refractivity contribution in [3.8, 4) is 0 Å². The third-order valence-electron chi connectivity index (χ3n) is 3.91. The Balaban J connectivity index is 1.58. The highest BCUT2D eigenvalue weighted by Crippen LogP contribution is 2.20. The largest absolute Gasteiger partial charge is 0.348 e. The number of benzene rings is 1. The smallest absolute Gasteiger partial charge is 0.244 e. The van der Waals surface area contributed by atoms with Gasteiger partial charge < -0.3 is 15.5 Å². The van der Waals surface area contributed by atoms with Crippen molar-refractivity contribution in [2.45, 2.75) is 18.5 Å². The van der Waals surface area contributed by atoms with E-state index in [0.717, 1.165) is 5.56 Å². The quantitative estimate of drug-likeness (QED) is 0.766. The number of piperazine rings is 1. The molecule has 1 aromatic carbocycles. The third kappa shape index (κ3) is 3.00. The third-order valence-corrected chi connectivity index (χ3v) is 3.91. The Morgan fingerprint density at radius 3 is 2.77 bits per heavy atom. The van der Waals surface area contributed by atoms with Crippen LogP contribution in [-0.4, -0.2) is 47.8 Å². The van der Waals surface area contributed by atoms with Gasteiger partial charge in [-0.05, 0) is 18.1 Å². The molecule has 2 aliphatic rings. The molecular weight excluding hydrogens is 282 g/mol. The summed E-state index contributed by atoms with van der Waals surface area (Å²) in [6, 6.07) is 8.88. The molecule has 0 saturated carbocycles. The summed E-state index contributed by atoms with van der Waals surface area (Å²) < 4.78 is 0. The molecule has 0 spiro atoms. The lowest BCUT2D eigenvalue weighted by atomic mass is 10.1. The molecule has 3 rings (SSSR count). The first-order valence-corrected chi connectivity index (χ1v) is 7.24. The number of nitrogens with one attached hydrogen (secondary N) is 2. The fourth-order valence-electron chi connectivity index (χ4n) is 2.83. The Labute approximate surface area is 128 Å². The van der Waals surface area contributed by atoms with Gasteiger partial charge in [-0.25, -0.2) is 0 Å². The van der Waals surface area contributed by atoms with Gasteiger partial charge in [-0.2, -0.15) is 0 Å². The molecule has 0 unspecified atom stereocenters. The normalized spacial score (nSPS) is 24.3. The van der Waals surface area contributed by atoms with Crippen LogP contribution < -0.4 is 10.6 Å². The molecule has 1 aromatic rings. The average molecular weight is 299 g/mol. The lowest BCUT2D eigenvalue weighted by molar-refractivity contribution is -0.143. The summed E-state index contributed by atoms with van der Waals surface area (Å²) in [6.07, 6.45) is 3.66. The maximum Gasteiger partial charge on any atom is 0.244 e. The standard InChI is InChI=1S/C16H17N3O3/c20-14(7-6-11-4-2-1-3-5-11)18-12-8-13-16(22)17-9-15(21)19(13)10-12/h1-7,12-13H,8-10H2,(H,17,22)(H,18,20)/b7-6+/t12-,13-/m0/s1. The molecule has 6 heteroatoms. The number of hydrogen-bond acceptors (Lipinski definition) is 3. The summed E-state index contributed by atoms with van der Waals surface area (Å²) in [5.41, 5.74) is 0.941. The summed E-state index contributed by atoms with van der Waals surface area (Å²) in [7, 11) is 0. The van der Waals surface area contributed by atoms with E-state index in [0.29, 0.717) is 13.0 Å². The second-order valence-electron chi connectivity index (χ2n) is 5.46. The van der Waals surface area contributed by atoms with E-state index in [4.69, 9.17) is 0 Å². The van der Waals surface area contributed by atoms with Gasteiger partial charge in [0.15, 0.2) is 0 Å². The molecule has 0 aromatic heterocycles. The van der Waals surface area contributed by atoms with E-state index in [1.807, 2.05) is 30.3 Å². The van der Waals surface area contributed by atoms with Crippen molar-refractivity contribution >= 4 is 23.8 Å². The van der Waals surface area contributed by atoms with Gasteiger partial charge in [-0.1, -0.05) is 30.3 Å². The Morgan fingerprint density at radius 2 is 2.05 bits per heavy atom. The fourth-order valence-corrected chi connectivity index (χ4v) is 2.83. The second kappa shape index (κ2) is 6.01. The van der Waals surface area contributed by atoms with Gasteiger partial charge >= 0.3 is 0 Å². The topological polar surface area (TPSA) is 78.5 Å². The lowest BCUT2D eigenvalue weighted by Crippen LogP contribution is -2.55. The zero-order chi connectivity index (χ0) is 15.5. The van der Waals surface area contributed by atoms with Crippen molar-refractivity contribution in [2.24, 2.45) is 0 Å². The van der Waals surface area contributed by atoms with Crippen LogP contribution in [0.2, 0.25) is 0 Å². The van der Waals surface area contributed by atoms with Crippen molar-refractivity contribution in [3.05, 3.63) is 42.0 Å². The van der Waals surface area contributed by atoms with Crippen LogP contribution in [0.25, 0.3) is 6.08 Å². The van der Waals surface area contributed by atoms with Gasteiger partial charge in [-0.3, -0.25) is 14.4 Å².